The number of amides is 1. The number of carbonyl (C=O) groups is 1. The number of anilines is 1. The molecule has 0 saturated carbocycles. The molecule has 0 radical (unpaired) electrons. The molecule has 0 N–H and O–H groups in total. The molecule has 0 aliphatic carbocycles. The summed E-state index contributed by atoms with van der Waals surface area (Å²) in [5.41, 5.74) is 1.66. The first kappa shape index (κ1) is 17.5. The SMILES string of the molecule is CS(=O)(=O)CCC(=O)N(Cc1ccccc1)c1ccc(Cl)cc1. The average molecular weight is 352 g/mol. The van der Waals surface area contributed by atoms with E-state index in [1.54, 1.807) is 29.2 Å². The Morgan fingerprint density at radius 2 is 1.65 bits per heavy atom. The molecule has 2 aromatic rings. The summed E-state index contributed by atoms with van der Waals surface area (Å²) in [5.74, 6) is -0.397. The van der Waals surface area contributed by atoms with E-state index >= 15 is 0 Å². The van der Waals surface area contributed by atoms with Crippen LogP contribution in [0.25, 0.3) is 0 Å². The van der Waals surface area contributed by atoms with Crippen LogP contribution in [0.2, 0.25) is 5.02 Å². The van der Waals surface area contributed by atoms with Gasteiger partial charge in [0.1, 0.15) is 9.84 Å². The summed E-state index contributed by atoms with van der Waals surface area (Å²) in [6.45, 7) is 0.380. The number of carbonyl (C=O) groups excluding carboxylic acids is 1. The maximum Gasteiger partial charge on any atom is 0.228 e. The fourth-order valence-electron chi connectivity index (χ4n) is 2.12. The highest BCUT2D eigenvalue weighted by Gasteiger charge is 2.18. The lowest BCUT2D eigenvalue weighted by molar-refractivity contribution is -0.118. The second-order valence-corrected chi connectivity index (χ2v) is 8.02. The third-order valence-electron chi connectivity index (χ3n) is 3.31. The van der Waals surface area contributed by atoms with Crippen LogP contribution >= 0.6 is 11.6 Å². The second kappa shape index (κ2) is 7.62. The van der Waals surface area contributed by atoms with E-state index in [0.29, 0.717) is 17.3 Å². The van der Waals surface area contributed by atoms with Crippen LogP contribution in [0.5, 0.6) is 0 Å². The Kier molecular flexibility index (Phi) is 5.80. The highest BCUT2D eigenvalue weighted by molar-refractivity contribution is 7.90. The Bertz CT molecular complexity index is 758. The highest BCUT2D eigenvalue weighted by Crippen LogP contribution is 2.21. The van der Waals surface area contributed by atoms with Gasteiger partial charge in [-0.25, -0.2) is 8.42 Å². The fraction of sp³-hybridized carbons (Fsp3) is 0.235. The van der Waals surface area contributed by atoms with Gasteiger partial charge in [0, 0.05) is 23.4 Å². The van der Waals surface area contributed by atoms with Gasteiger partial charge in [-0.1, -0.05) is 41.9 Å². The number of rotatable bonds is 6. The summed E-state index contributed by atoms with van der Waals surface area (Å²) in [6.07, 6.45) is 1.08. The molecule has 1 amide bonds. The molecule has 0 atom stereocenters. The molecular weight excluding hydrogens is 334 g/mol. The highest BCUT2D eigenvalue weighted by atomic mass is 35.5. The number of hydrogen-bond acceptors (Lipinski definition) is 3. The van der Waals surface area contributed by atoms with Gasteiger partial charge in [-0.3, -0.25) is 4.79 Å². The molecule has 0 spiro atoms. The molecule has 0 aliphatic heterocycles. The summed E-state index contributed by atoms with van der Waals surface area (Å²) < 4.78 is 22.6. The van der Waals surface area contributed by atoms with E-state index in [1.165, 1.54) is 0 Å². The fourth-order valence-corrected chi connectivity index (χ4v) is 2.79. The van der Waals surface area contributed by atoms with Crippen molar-refractivity contribution in [3.8, 4) is 0 Å². The molecule has 0 aromatic heterocycles. The van der Waals surface area contributed by atoms with Gasteiger partial charge < -0.3 is 4.90 Å². The Morgan fingerprint density at radius 1 is 1.04 bits per heavy atom. The zero-order chi connectivity index (χ0) is 16.9. The summed E-state index contributed by atoms with van der Waals surface area (Å²) in [7, 11) is -3.18. The maximum absolute atomic E-state index is 12.5. The van der Waals surface area contributed by atoms with Crippen LogP contribution in [-0.2, 0) is 21.2 Å². The van der Waals surface area contributed by atoms with Gasteiger partial charge in [-0.05, 0) is 29.8 Å². The third-order valence-corrected chi connectivity index (χ3v) is 4.51. The molecule has 0 fully saturated rings. The first-order chi connectivity index (χ1) is 10.8. The third kappa shape index (κ3) is 5.69. The monoisotopic (exact) mass is 351 g/mol. The molecule has 0 heterocycles. The molecule has 122 valence electrons. The van der Waals surface area contributed by atoms with Crippen molar-refractivity contribution in [1.29, 1.82) is 0 Å². The van der Waals surface area contributed by atoms with Crippen LogP contribution in [0.4, 0.5) is 5.69 Å². The predicted octanol–water partition coefficient (Wildman–Crippen LogP) is 3.31. The molecule has 6 heteroatoms. The van der Waals surface area contributed by atoms with Crippen molar-refractivity contribution in [2.24, 2.45) is 0 Å². The van der Waals surface area contributed by atoms with Crippen molar-refractivity contribution in [3.05, 3.63) is 65.2 Å². The Balaban J connectivity index is 2.23. The minimum atomic E-state index is -3.18. The van der Waals surface area contributed by atoms with Gasteiger partial charge in [-0.15, -0.1) is 0 Å². The van der Waals surface area contributed by atoms with Gasteiger partial charge in [0.25, 0.3) is 0 Å². The Labute approximate surface area is 141 Å². The molecule has 0 unspecified atom stereocenters. The van der Waals surface area contributed by atoms with E-state index in [1.807, 2.05) is 30.3 Å². The lowest BCUT2D eigenvalue weighted by atomic mass is 10.2. The molecular formula is C17H18ClNO3S. The number of nitrogens with zero attached hydrogens (tertiary/aromatic N) is 1. The number of benzene rings is 2. The van der Waals surface area contributed by atoms with Gasteiger partial charge in [0.05, 0.1) is 12.3 Å². The smallest absolute Gasteiger partial charge is 0.228 e. The minimum absolute atomic E-state index is 0.0473. The van der Waals surface area contributed by atoms with Crippen molar-refractivity contribution in [2.75, 3.05) is 16.9 Å². The van der Waals surface area contributed by atoms with Crippen LogP contribution in [0.15, 0.2) is 54.6 Å². The van der Waals surface area contributed by atoms with Crippen molar-refractivity contribution in [2.45, 2.75) is 13.0 Å². The van der Waals surface area contributed by atoms with Crippen LogP contribution in [0.1, 0.15) is 12.0 Å². The van der Waals surface area contributed by atoms with E-state index in [2.05, 4.69) is 0 Å². The van der Waals surface area contributed by atoms with E-state index in [-0.39, 0.29) is 18.1 Å². The largest absolute Gasteiger partial charge is 0.308 e. The number of hydrogen-bond donors (Lipinski definition) is 0. The van der Waals surface area contributed by atoms with Crippen LogP contribution < -0.4 is 4.90 Å². The van der Waals surface area contributed by atoms with Crippen LogP contribution in [0, 0.1) is 0 Å². The first-order valence-corrected chi connectivity index (χ1v) is 9.56. The average Bonchev–Trinajstić information content (AvgIpc) is 2.52. The Morgan fingerprint density at radius 3 is 2.22 bits per heavy atom. The van der Waals surface area contributed by atoms with E-state index in [0.717, 1.165) is 11.8 Å². The molecule has 23 heavy (non-hydrogen) atoms. The molecule has 2 rings (SSSR count). The quantitative estimate of drug-likeness (QED) is 0.802. The molecule has 4 nitrogen and oxygen atoms in total. The first-order valence-electron chi connectivity index (χ1n) is 7.13. The summed E-state index contributed by atoms with van der Waals surface area (Å²) >= 11 is 5.89. The zero-order valence-electron chi connectivity index (χ0n) is 12.8. The van der Waals surface area contributed by atoms with Crippen LogP contribution in [0.3, 0.4) is 0 Å². The molecule has 0 aliphatic rings. The predicted molar refractivity (Wildman–Crippen MR) is 93.4 cm³/mol. The zero-order valence-corrected chi connectivity index (χ0v) is 14.3. The van der Waals surface area contributed by atoms with Crippen molar-refractivity contribution in [3.63, 3.8) is 0 Å². The summed E-state index contributed by atoms with van der Waals surface area (Å²) in [5, 5.41) is 0.581. The van der Waals surface area contributed by atoms with Crippen molar-refractivity contribution < 1.29 is 13.2 Å². The standard InChI is InChI=1S/C17H18ClNO3S/c1-23(21,22)12-11-17(20)19(13-14-5-3-2-4-6-14)16-9-7-15(18)8-10-16/h2-10H,11-13H2,1H3. The minimum Gasteiger partial charge on any atom is -0.308 e. The second-order valence-electron chi connectivity index (χ2n) is 5.32. The van der Waals surface area contributed by atoms with Crippen molar-refractivity contribution >= 4 is 33.0 Å². The van der Waals surface area contributed by atoms with E-state index in [4.69, 9.17) is 11.6 Å². The van der Waals surface area contributed by atoms with Gasteiger partial charge >= 0.3 is 0 Å². The van der Waals surface area contributed by atoms with Gasteiger partial charge in [0.15, 0.2) is 0 Å². The molecule has 2 aromatic carbocycles. The van der Waals surface area contributed by atoms with E-state index in [9.17, 15) is 13.2 Å². The normalized spacial score (nSPS) is 11.2. The summed E-state index contributed by atoms with van der Waals surface area (Å²) in [4.78, 5) is 14.1. The van der Waals surface area contributed by atoms with Crippen LogP contribution in [-0.4, -0.2) is 26.3 Å². The lowest BCUT2D eigenvalue weighted by Gasteiger charge is -2.23. The number of halogens is 1. The topological polar surface area (TPSA) is 54.5 Å². The van der Waals surface area contributed by atoms with E-state index < -0.39 is 9.84 Å². The molecule has 0 bridgehead atoms. The van der Waals surface area contributed by atoms with Gasteiger partial charge in [-0.2, -0.15) is 0 Å². The Hall–Kier alpha value is -1.85. The summed E-state index contributed by atoms with van der Waals surface area (Å²) in [6, 6.07) is 16.5. The van der Waals surface area contributed by atoms with Crippen molar-refractivity contribution in [1.82, 2.24) is 0 Å². The lowest BCUT2D eigenvalue weighted by Crippen LogP contribution is -2.31. The number of sulfone groups is 1. The maximum atomic E-state index is 12.5. The van der Waals surface area contributed by atoms with Gasteiger partial charge in [0.2, 0.25) is 5.91 Å². The molecule has 0 saturated heterocycles.